The Bertz CT molecular complexity index is 971. The lowest BCUT2D eigenvalue weighted by molar-refractivity contribution is -0.134. The number of carbonyl (C=O) groups is 3. The molecule has 0 N–H and O–H groups in total. The molecule has 3 aliphatic rings. The van der Waals surface area contributed by atoms with E-state index in [4.69, 9.17) is 14.2 Å². The molecule has 1 aromatic carbocycles. The minimum Gasteiger partial charge on any atom is -0.462 e. The first kappa shape index (κ1) is 27.4. The van der Waals surface area contributed by atoms with Crippen LogP contribution in [0.5, 0.6) is 5.75 Å². The van der Waals surface area contributed by atoms with Crippen LogP contribution in [0.1, 0.15) is 83.0 Å². The van der Waals surface area contributed by atoms with Gasteiger partial charge in [0.15, 0.2) is 0 Å². The molecule has 37 heavy (non-hydrogen) atoms. The minimum atomic E-state index is -0.556. The highest BCUT2D eigenvalue weighted by molar-refractivity contribution is 5.93. The number of piperidine rings is 3. The Morgan fingerprint density at radius 2 is 1.78 bits per heavy atom. The van der Waals surface area contributed by atoms with Gasteiger partial charge < -0.3 is 19.1 Å². The predicted octanol–water partition coefficient (Wildman–Crippen LogP) is 5.05. The van der Waals surface area contributed by atoms with Crippen molar-refractivity contribution in [2.75, 3.05) is 26.2 Å². The lowest BCUT2D eigenvalue weighted by Crippen LogP contribution is -2.65. The Hall–Kier alpha value is -2.61. The Kier molecular flexibility index (Phi) is 8.78. The van der Waals surface area contributed by atoms with Crippen molar-refractivity contribution in [3.63, 3.8) is 0 Å². The molecule has 204 valence electrons. The van der Waals surface area contributed by atoms with Crippen molar-refractivity contribution in [1.29, 1.82) is 0 Å². The van der Waals surface area contributed by atoms with Crippen molar-refractivity contribution in [3.8, 4) is 5.75 Å². The number of hydrogen-bond acceptors (Lipinski definition) is 7. The molecule has 4 unspecified atom stereocenters. The number of hydrogen-bond donors (Lipinski definition) is 0. The van der Waals surface area contributed by atoms with Gasteiger partial charge in [-0.1, -0.05) is 12.1 Å². The third-order valence-corrected chi connectivity index (χ3v) is 7.79. The third-order valence-electron chi connectivity index (χ3n) is 7.79. The van der Waals surface area contributed by atoms with Crippen LogP contribution in [0.25, 0.3) is 0 Å². The highest BCUT2D eigenvalue weighted by Crippen LogP contribution is 2.43. The summed E-state index contributed by atoms with van der Waals surface area (Å²) in [5.74, 6) is 0.183. The van der Waals surface area contributed by atoms with Crippen LogP contribution in [0.4, 0.5) is 4.79 Å². The molecular weight excluding hydrogens is 472 g/mol. The molecule has 3 heterocycles. The van der Waals surface area contributed by atoms with E-state index in [1.54, 1.807) is 31.2 Å². The number of ether oxygens (including phenoxy) is 3. The molecule has 3 saturated heterocycles. The predicted molar refractivity (Wildman–Crippen MR) is 139 cm³/mol. The molecular formula is C29H42N2O6. The maximum absolute atomic E-state index is 13.3. The van der Waals surface area contributed by atoms with Crippen LogP contribution in [0, 0.1) is 11.8 Å². The van der Waals surface area contributed by atoms with E-state index in [-0.39, 0.29) is 36.5 Å². The summed E-state index contributed by atoms with van der Waals surface area (Å²) in [6.45, 7) is 10.7. The maximum Gasteiger partial charge on any atom is 0.410 e. The molecule has 8 heteroatoms. The summed E-state index contributed by atoms with van der Waals surface area (Å²) in [5.41, 5.74) is -0.313. The topological polar surface area (TPSA) is 85.4 Å². The molecule has 0 radical (unpaired) electrons. The molecule has 0 saturated carbocycles. The molecule has 4 atom stereocenters. The van der Waals surface area contributed by atoms with Crippen molar-refractivity contribution in [3.05, 3.63) is 29.8 Å². The van der Waals surface area contributed by atoms with Gasteiger partial charge in [0, 0.05) is 25.0 Å². The van der Waals surface area contributed by atoms with Crippen LogP contribution < -0.4 is 4.74 Å². The molecule has 0 spiro atoms. The first-order valence-electron chi connectivity index (χ1n) is 13.9. The van der Waals surface area contributed by atoms with Gasteiger partial charge >= 0.3 is 18.0 Å². The number of likely N-dealkylation sites (tertiary alicyclic amines) is 1. The molecule has 0 bridgehead atoms. The lowest BCUT2D eigenvalue weighted by atomic mass is 9.69. The quantitative estimate of drug-likeness (QED) is 0.372. The van der Waals surface area contributed by atoms with Gasteiger partial charge in [0.2, 0.25) is 0 Å². The standard InChI is InChI=1S/C29H42N2O6/c1-5-35-27(33)22-12-6-7-15-24(22)36-25(32)16-8-14-23-21-13-10-18-30-17-9-11-20(26(21)30)19-31(23)28(34)37-29(2,3)4/h6-7,12,15,20-21,23,26H,5,8-11,13-14,16-19H2,1-4H3. The summed E-state index contributed by atoms with van der Waals surface area (Å²) < 4.78 is 16.5. The van der Waals surface area contributed by atoms with Gasteiger partial charge in [0.1, 0.15) is 16.9 Å². The second-order valence-corrected chi connectivity index (χ2v) is 11.5. The van der Waals surface area contributed by atoms with Crippen molar-refractivity contribution >= 4 is 18.0 Å². The number of nitrogens with zero attached hydrogens (tertiary/aromatic N) is 2. The average molecular weight is 515 g/mol. The van der Waals surface area contributed by atoms with E-state index < -0.39 is 17.5 Å². The van der Waals surface area contributed by atoms with Gasteiger partial charge in [-0.2, -0.15) is 0 Å². The smallest absolute Gasteiger partial charge is 0.410 e. The van der Waals surface area contributed by atoms with E-state index in [0.29, 0.717) is 30.8 Å². The Balaban J connectivity index is 1.43. The molecule has 3 fully saturated rings. The fourth-order valence-electron chi connectivity index (χ4n) is 6.46. The van der Waals surface area contributed by atoms with E-state index in [1.165, 1.54) is 6.42 Å². The number of benzene rings is 1. The summed E-state index contributed by atoms with van der Waals surface area (Å²) in [6, 6.07) is 7.18. The number of para-hydroxylation sites is 1. The first-order valence-corrected chi connectivity index (χ1v) is 13.9. The fourth-order valence-corrected chi connectivity index (χ4v) is 6.46. The Morgan fingerprint density at radius 3 is 2.51 bits per heavy atom. The Labute approximate surface area is 220 Å². The van der Waals surface area contributed by atoms with Gasteiger partial charge in [-0.05, 0) is 103 Å². The molecule has 4 rings (SSSR count). The monoisotopic (exact) mass is 514 g/mol. The highest BCUT2D eigenvalue weighted by atomic mass is 16.6. The zero-order chi connectivity index (χ0) is 26.6. The van der Waals surface area contributed by atoms with Crippen molar-refractivity contribution in [2.45, 2.75) is 90.3 Å². The average Bonchev–Trinajstić information content (AvgIpc) is 2.84. The molecule has 3 aliphatic heterocycles. The highest BCUT2D eigenvalue weighted by Gasteiger charge is 2.50. The second-order valence-electron chi connectivity index (χ2n) is 11.5. The van der Waals surface area contributed by atoms with Gasteiger partial charge in [-0.3, -0.25) is 9.69 Å². The zero-order valence-corrected chi connectivity index (χ0v) is 22.7. The van der Waals surface area contributed by atoms with Gasteiger partial charge in [0.25, 0.3) is 0 Å². The van der Waals surface area contributed by atoms with Crippen LogP contribution in [0.15, 0.2) is 24.3 Å². The van der Waals surface area contributed by atoms with Gasteiger partial charge in [0.05, 0.1) is 6.61 Å². The maximum atomic E-state index is 13.3. The number of esters is 2. The van der Waals surface area contributed by atoms with Crippen LogP contribution in [-0.4, -0.2) is 71.8 Å². The molecule has 0 aliphatic carbocycles. The van der Waals surface area contributed by atoms with Crippen molar-refractivity contribution in [1.82, 2.24) is 9.80 Å². The van der Waals surface area contributed by atoms with E-state index in [0.717, 1.165) is 38.8 Å². The summed E-state index contributed by atoms with van der Waals surface area (Å²) >= 11 is 0. The SMILES string of the molecule is CCOC(=O)c1ccccc1OC(=O)CCCC1C2CCCN3CCCC(CN1C(=O)OC(C)(C)C)C23. The second kappa shape index (κ2) is 11.8. The molecule has 8 nitrogen and oxygen atoms in total. The summed E-state index contributed by atoms with van der Waals surface area (Å²) in [7, 11) is 0. The van der Waals surface area contributed by atoms with Crippen molar-refractivity contribution in [2.24, 2.45) is 11.8 Å². The van der Waals surface area contributed by atoms with Crippen LogP contribution >= 0.6 is 0 Å². The number of rotatable bonds is 7. The summed E-state index contributed by atoms with van der Waals surface area (Å²) in [6.07, 6.45) is 5.84. The fraction of sp³-hybridized carbons (Fsp3) is 0.690. The third kappa shape index (κ3) is 6.64. The van der Waals surface area contributed by atoms with Gasteiger partial charge in [-0.25, -0.2) is 9.59 Å². The molecule has 1 amide bonds. The molecule has 0 aromatic heterocycles. The number of amides is 1. The Morgan fingerprint density at radius 1 is 1.05 bits per heavy atom. The lowest BCUT2D eigenvalue weighted by Gasteiger charge is -2.57. The normalized spacial score (nSPS) is 25.7. The van der Waals surface area contributed by atoms with Crippen LogP contribution in [0.2, 0.25) is 0 Å². The van der Waals surface area contributed by atoms with Crippen LogP contribution in [-0.2, 0) is 14.3 Å². The largest absolute Gasteiger partial charge is 0.462 e. The van der Waals surface area contributed by atoms with Crippen molar-refractivity contribution < 1.29 is 28.6 Å². The number of carbonyl (C=O) groups excluding carboxylic acids is 3. The van der Waals surface area contributed by atoms with E-state index >= 15 is 0 Å². The van der Waals surface area contributed by atoms with E-state index in [2.05, 4.69) is 4.90 Å². The summed E-state index contributed by atoms with van der Waals surface area (Å²) in [4.78, 5) is 42.9. The van der Waals surface area contributed by atoms with Gasteiger partial charge in [-0.15, -0.1) is 0 Å². The zero-order valence-electron chi connectivity index (χ0n) is 22.7. The van der Waals surface area contributed by atoms with Crippen LogP contribution in [0.3, 0.4) is 0 Å². The van der Waals surface area contributed by atoms with E-state index in [9.17, 15) is 14.4 Å². The first-order chi connectivity index (χ1) is 17.7. The molecule has 1 aromatic rings. The minimum absolute atomic E-state index is 0.0385. The van der Waals surface area contributed by atoms with E-state index in [1.807, 2.05) is 25.7 Å². The summed E-state index contributed by atoms with van der Waals surface area (Å²) in [5, 5.41) is 0.